The van der Waals surface area contributed by atoms with Crippen LogP contribution in [0.2, 0.25) is 0 Å². The van der Waals surface area contributed by atoms with Crippen LogP contribution < -0.4 is 0 Å². The van der Waals surface area contributed by atoms with Gasteiger partial charge in [-0.15, -0.1) is 11.8 Å². The van der Waals surface area contributed by atoms with Crippen molar-refractivity contribution in [2.45, 2.75) is 23.5 Å². The first kappa shape index (κ1) is 16.6. The smallest absolute Gasteiger partial charge is 0.0769 e. The number of aliphatic imine (C=N–C) groups is 1. The molecular weight excluding hydrogens is 390 g/mol. The van der Waals surface area contributed by atoms with Gasteiger partial charge in [-0.2, -0.15) is 0 Å². The van der Waals surface area contributed by atoms with E-state index in [4.69, 9.17) is 4.99 Å². The Morgan fingerprint density at radius 3 is 2.40 bits per heavy atom. The van der Waals surface area contributed by atoms with Crippen LogP contribution in [0, 0.1) is 6.92 Å². The van der Waals surface area contributed by atoms with Crippen LogP contribution in [0.4, 0.5) is 5.69 Å². The second kappa shape index (κ2) is 7.19. The van der Waals surface area contributed by atoms with Gasteiger partial charge in [0.05, 0.1) is 5.69 Å². The Bertz CT molecular complexity index is 914. The molecule has 124 valence electrons. The summed E-state index contributed by atoms with van der Waals surface area (Å²) in [6.07, 6.45) is 0.921. The molecule has 0 radical (unpaired) electrons. The van der Waals surface area contributed by atoms with E-state index >= 15 is 0 Å². The second-order valence-corrected chi connectivity index (χ2v) is 8.41. The quantitative estimate of drug-likeness (QED) is 0.440. The van der Waals surface area contributed by atoms with E-state index in [1.54, 1.807) is 0 Å². The molecule has 1 nitrogen and oxygen atoms in total. The first-order chi connectivity index (χ1) is 12.2. The number of para-hydroxylation sites is 1. The Labute approximate surface area is 161 Å². The molecule has 1 aliphatic heterocycles. The first-order valence-corrected chi connectivity index (χ1v) is 10.0. The molecule has 0 fully saturated rings. The van der Waals surface area contributed by atoms with E-state index in [9.17, 15) is 0 Å². The van der Waals surface area contributed by atoms with Gasteiger partial charge in [-0.25, -0.2) is 0 Å². The van der Waals surface area contributed by atoms with E-state index in [1.807, 2.05) is 11.8 Å². The molecule has 3 heteroatoms. The summed E-state index contributed by atoms with van der Waals surface area (Å²) in [5.41, 5.74) is 6.06. The fraction of sp³-hybridized carbons (Fsp3) is 0.136. The summed E-state index contributed by atoms with van der Waals surface area (Å²) in [6.45, 7) is 2.12. The Kier molecular flexibility index (Phi) is 4.78. The minimum Gasteiger partial charge on any atom is -0.252 e. The predicted molar refractivity (Wildman–Crippen MR) is 111 cm³/mol. The molecule has 3 aromatic carbocycles. The highest BCUT2D eigenvalue weighted by Gasteiger charge is 2.22. The van der Waals surface area contributed by atoms with Crippen molar-refractivity contribution < 1.29 is 0 Å². The molecule has 0 saturated carbocycles. The van der Waals surface area contributed by atoms with Gasteiger partial charge in [0.15, 0.2) is 0 Å². The molecule has 1 aliphatic rings. The number of thioether (sulfide) groups is 1. The SMILES string of the molecule is Cc1ccc(C2=Nc3ccccc3S[C@H](c3ccc(Br)cc3)C2)cc1. The normalized spacial score (nSPS) is 16.7. The van der Waals surface area contributed by atoms with Crippen LogP contribution in [0.3, 0.4) is 0 Å². The Balaban J connectivity index is 1.78. The molecule has 25 heavy (non-hydrogen) atoms. The average molecular weight is 408 g/mol. The molecule has 0 saturated heterocycles. The Hall–Kier alpha value is -1.84. The topological polar surface area (TPSA) is 12.4 Å². The van der Waals surface area contributed by atoms with Gasteiger partial charge in [0, 0.05) is 26.8 Å². The van der Waals surface area contributed by atoms with Gasteiger partial charge >= 0.3 is 0 Å². The Morgan fingerprint density at radius 1 is 0.920 bits per heavy atom. The highest BCUT2D eigenvalue weighted by molar-refractivity contribution is 9.10. The van der Waals surface area contributed by atoms with Gasteiger partial charge in [0.25, 0.3) is 0 Å². The summed E-state index contributed by atoms with van der Waals surface area (Å²) in [6, 6.07) is 25.8. The van der Waals surface area contributed by atoms with Crippen molar-refractivity contribution >= 4 is 39.1 Å². The fourth-order valence-electron chi connectivity index (χ4n) is 3.00. The standard InChI is InChI=1S/C22H18BrNS/c1-15-6-8-16(9-7-15)20-14-22(17-10-12-18(23)13-11-17)25-21-5-3-2-4-19(21)24-20/h2-13,22H,14H2,1H3/t22-/m0/s1. The molecule has 1 heterocycles. The number of nitrogens with zero attached hydrogens (tertiary/aromatic N) is 1. The van der Waals surface area contributed by atoms with Gasteiger partial charge in [-0.1, -0.05) is 70.0 Å². The molecule has 1 atom stereocenters. The van der Waals surface area contributed by atoms with E-state index in [-0.39, 0.29) is 0 Å². The van der Waals surface area contributed by atoms with E-state index in [1.165, 1.54) is 21.6 Å². The van der Waals surface area contributed by atoms with Crippen LogP contribution >= 0.6 is 27.7 Å². The van der Waals surface area contributed by atoms with Crippen molar-refractivity contribution in [1.29, 1.82) is 0 Å². The van der Waals surface area contributed by atoms with Gasteiger partial charge in [-0.05, 0) is 42.3 Å². The third-order valence-corrected chi connectivity index (χ3v) is 6.25. The first-order valence-electron chi connectivity index (χ1n) is 8.35. The van der Waals surface area contributed by atoms with Crippen LogP contribution in [0.25, 0.3) is 0 Å². The van der Waals surface area contributed by atoms with E-state index in [0.717, 1.165) is 22.3 Å². The predicted octanol–water partition coefficient (Wildman–Crippen LogP) is 7.12. The van der Waals surface area contributed by atoms with Crippen LogP contribution in [0.5, 0.6) is 0 Å². The van der Waals surface area contributed by atoms with E-state index < -0.39 is 0 Å². The zero-order valence-corrected chi connectivity index (χ0v) is 16.3. The lowest BCUT2D eigenvalue weighted by Gasteiger charge is -2.16. The van der Waals surface area contributed by atoms with Crippen LogP contribution in [-0.2, 0) is 0 Å². The van der Waals surface area contributed by atoms with Gasteiger partial charge < -0.3 is 0 Å². The van der Waals surface area contributed by atoms with E-state index in [2.05, 4.69) is 95.7 Å². The fourth-order valence-corrected chi connectivity index (χ4v) is 4.50. The van der Waals surface area contributed by atoms with Gasteiger partial charge in [0.2, 0.25) is 0 Å². The summed E-state index contributed by atoms with van der Waals surface area (Å²) in [4.78, 5) is 6.27. The molecule has 0 unspecified atom stereocenters. The molecule has 0 N–H and O–H groups in total. The van der Waals surface area contributed by atoms with Crippen molar-refractivity contribution in [3.05, 3.63) is 94.0 Å². The minimum atomic E-state index is 0.358. The summed E-state index contributed by atoms with van der Waals surface area (Å²) < 4.78 is 1.11. The third kappa shape index (κ3) is 3.73. The zero-order valence-electron chi connectivity index (χ0n) is 13.9. The highest BCUT2D eigenvalue weighted by atomic mass is 79.9. The molecule has 0 aromatic heterocycles. The number of benzene rings is 3. The number of rotatable bonds is 2. The maximum Gasteiger partial charge on any atom is 0.0769 e. The summed E-state index contributed by atoms with van der Waals surface area (Å²) in [5, 5.41) is 0.358. The van der Waals surface area contributed by atoms with E-state index in [0.29, 0.717) is 5.25 Å². The largest absolute Gasteiger partial charge is 0.252 e. The third-order valence-electron chi connectivity index (χ3n) is 4.40. The molecule has 0 aliphatic carbocycles. The maximum absolute atomic E-state index is 5.02. The highest BCUT2D eigenvalue weighted by Crippen LogP contribution is 2.45. The summed E-state index contributed by atoms with van der Waals surface area (Å²) in [7, 11) is 0. The number of hydrogen-bond donors (Lipinski definition) is 0. The summed E-state index contributed by atoms with van der Waals surface area (Å²) in [5.74, 6) is 0. The molecule has 0 amide bonds. The lowest BCUT2D eigenvalue weighted by atomic mass is 10.0. The number of aryl methyl sites for hydroxylation is 1. The van der Waals surface area contributed by atoms with Crippen LogP contribution in [0.15, 0.2) is 87.2 Å². The molecule has 0 bridgehead atoms. The molecule has 0 spiro atoms. The Morgan fingerprint density at radius 2 is 1.64 bits per heavy atom. The van der Waals surface area contributed by atoms with Crippen LogP contribution in [-0.4, -0.2) is 5.71 Å². The average Bonchev–Trinajstić information content (AvgIpc) is 2.82. The molecular formula is C22H18BrNS. The van der Waals surface area contributed by atoms with Crippen LogP contribution in [0.1, 0.15) is 28.4 Å². The maximum atomic E-state index is 5.02. The second-order valence-electron chi connectivity index (χ2n) is 6.25. The van der Waals surface area contributed by atoms with Crippen molar-refractivity contribution in [1.82, 2.24) is 0 Å². The lowest BCUT2D eigenvalue weighted by Crippen LogP contribution is -2.05. The molecule has 3 aromatic rings. The lowest BCUT2D eigenvalue weighted by molar-refractivity contribution is 1.01. The van der Waals surface area contributed by atoms with Gasteiger partial charge in [-0.3, -0.25) is 4.99 Å². The van der Waals surface area contributed by atoms with Crippen molar-refractivity contribution in [3.8, 4) is 0 Å². The molecule has 4 rings (SSSR count). The van der Waals surface area contributed by atoms with Crippen molar-refractivity contribution in [2.75, 3.05) is 0 Å². The van der Waals surface area contributed by atoms with Gasteiger partial charge in [0.1, 0.15) is 0 Å². The number of fused-ring (bicyclic) bond motifs is 1. The number of hydrogen-bond acceptors (Lipinski definition) is 2. The zero-order chi connectivity index (χ0) is 17.2. The summed E-state index contributed by atoms with van der Waals surface area (Å²) >= 11 is 5.44. The van der Waals surface area contributed by atoms with Crippen molar-refractivity contribution in [2.24, 2.45) is 4.99 Å². The monoisotopic (exact) mass is 407 g/mol. The minimum absolute atomic E-state index is 0.358. The number of halogens is 1. The van der Waals surface area contributed by atoms with Crippen molar-refractivity contribution in [3.63, 3.8) is 0 Å².